The summed E-state index contributed by atoms with van der Waals surface area (Å²) in [4.78, 5) is 24.1. The monoisotopic (exact) mass is 353 g/mol. The number of imidazole rings is 1. The predicted octanol–water partition coefficient (Wildman–Crippen LogP) is 3.66. The number of carbonyl (C=O) groups excluding carboxylic acids is 1. The number of carbonyl (C=O) groups is 1. The van der Waals surface area contributed by atoms with Crippen molar-refractivity contribution in [1.29, 1.82) is 0 Å². The molecule has 128 valence electrons. The number of hydrogen-bond acceptors (Lipinski definition) is 5. The number of nitrogens with zero attached hydrogens (tertiary/aromatic N) is 4. The zero-order valence-electron chi connectivity index (χ0n) is 13.8. The lowest BCUT2D eigenvalue weighted by Crippen LogP contribution is -2.39. The molecule has 1 N–H and O–H groups in total. The summed E-state index contributed by atoms with van der Waals surface area (Å²) in [7, 11) is 0. The van der Waals surface area contributed by atoms with Gasteiger partial charge in [-0.15, -0.1) is 5.10 Å². The molecule has 1 amide bonds. The maximum Gasteiger partial charge on any atom is 0.268 e. The third kappa shape index (κ3) is 2.63. The highest BCUT2D eigenvalue weighted by Crippen LogP contribution is 2.42. The molecule has 1 atom stereocenters. The van der Waals surface area contributed by atoms with Crippen molar-refractivity contribution >= 4 is 28.5 Å². The molecule has 3 aromatic rings. The van der Waals surface area contributed by atoms with Gasteiger partial charge in [0, 0.05) is 12.5 Å². The van der Waals surface area contributed by atoms with Gasteiger partial charge in [0.05, 0.1) is 22.8 Å². The Morgan fingerprint density at radius 3 is 2.92 bits per heavy atom. The standard InChI is InChI=1S/C18H19N5OS/c24-18(16-15(11-8-9-11)21-22-25-16)23-10-4-3-7-14(23)17-19-12-5-1-2-6-13(12)20-17/h1-2,5-6,11,14H,3-4,7-10H2,(H,19,20). The van der Waals surface area contributed by atoms with Crippen molar-refractivity contribution < 1.29 is 4.79 Å². The molecule has 5 rings (SSSR count). The third-order valence-corrected chi connectivity index (χ3v) is 5.89. The summed E-state index contributed by atoms with van der Waals surface area (Å²) in [5.41, 5.74) is 2.88. The summed E-state index contributed by atoms with van der Waals surface area (Å²) in [6.45, 7) is 0.766. The summed E-state index contributed by atoms with van der Waals surface area (Å²) in [6, 6.07) is 8.02. The molecule has 0 spiro atoms. The van der Waals surface area contributed by atoms with Crippen LogP contribution in [0.25, 0.3) is 11.0 Å². The number of amides is 1. The summed E-state index contributed by atoms with van der Waals surface area (Å²) in [5, 5.41) is 4.22. The molecular formula is C18H19N5OS. The second-order valence-corrected chi connectivity index (χ2v) is 7.67. The smallest absolute Gasteiger partial charge is 0.268 e. The van der Waals surface area contributed by atoms with Crippen LogP contribution in [-0.2, 0) is 0 Å². The minimum Gasteiger partial charge on any atom is -0.340 e. The van der Waals surface area contributed by atoms with Crippen LogP contribution in [0.1, 0.15) is 65.3 Å². The van der Waals surface area contributed by atoms with Crippen molar-refractivity contribution in [1.82, 2.24) is 24.5 Å². The van der Waals surface area contributed by atoms with Gasteiger partial charge in [0.2, 0.25) is 0 Å². The predicted molar refractivity (Wildman–Crippen MR) is 95.6 cm³/mol. The molecule has 1 saturated carbocycles. The van der Waals surface area contributed by atoms with Gasteiger partial charge < -0.3 is 9.88 Å². The summed E-state index contributed by atoms with van der Waals surface area (Å²) in [5.74, 6) is 1.40. The summed E-state index contributed by atoms with van der Waals surface area (Å²) in [6.07, 6.45) is 5.34. The van der Waals surface area contributed by atoms with Gasteiger partial charge >= 0.3 is 0 Å². The number of nitrogens with one attached hydrogen (secondary N) is 1. The lowest BCUT2D eigenvalue weighted by Gasteiger charge is -2.34. The fourth-order valence-corrected chi connectivity index (χ4v) is 4.40. The van der Waals surface area contributed by atoms with Crippen molar-refractivity contribution in [3.63, 3.8) is 0 Å². The Hall–Kier alpha value is -2.28. The van der Waals surface area contributed by atoms with Crippen LogP contribution < -0.4 is 0 Å². The topological polar surface area (TPSA) is 74.8 Å². The molecule has 1 saturated heterocycles. The van der Waals surface area contributed by atoms with Crippen LogP contribution in [0.4, 0.5) is 0 Å². The first-order valence-corrected chi connectivity index (χ1v) is 9.66. The van der Waals surface area contributed by atoms with Crippen LogP contribution in [0.2, 0.25) is 0 Å². The van der Waals surface area contributed by atoms with Crippen molar-refractivity contribution in [2.45, 2.75) is 44.1 Å². The van der Waals surface area contributed by atoms with Crippen LogP contribution in [0.15, 0.2) is 24.3 Å². The quantitative estimate of drug-likeness (QED) is 0.780. The largest absolute Gasteiger partial charge is 0.340 e. The van der Waals surface area contributed by atoms with Crippen LogP contribution in [0.5, 0.6) is 0 Å². The van der Waals surface area contributed by atoms with Gasteiger partial charge in [0.1, 0.15) is 10.7 Å². The SMILES string of the molecule is O=C(c1snnc1C1CC1)N1CCCCC1c1nc2ccccc2[nH]1. The van der Waals surface area contributed by atoms with E-state index in [0.29, 0.717) is 5.92 Å². The zero-order valence-corrected chi connectivity index (χ0v) is 14.6. The highest BCUT2D eigenvalue weighted by atomic mass is 32.1. The van der Waals surface area contributed by atoms with E-state index in [0.717, 1.165) is 66.1 Å². The number of hydrogen-bond donors (Lipinski definition) is 1. The molecule has 2 fully saturated rings. The zero-order chi connectivity index (χ0) is 16.8. The van der Waals surface area contributed by atoms with Crippen molar-refractivity contribution in [2.75, 3.05) is 6.54 Å². The van der Waals surface area contributed by atoms with Gasteiger partial charge in [-0.05, 0) is 55.8 Å². The Balaban J connectivity index is 1.49. The number of aromatic amines is 1. The molecule has 1 unspecified atom stereocenters. The molecule has 2 aromatic heterocycles. The number of piperidine rings is 1. The van der Waals surface area contributed by atoms with E-state index in [1.54, 1.807) is 0 Å². The van der Waals surface area contributed by atoms with E-state index in [-0.39, 0.29) is 11.9 Å². The van der Waals surface area contributed by atoms with Crippen molar-refractivity contribution in [2.24, 2.45) is 0 Å². The first-order chi connectivity index (χ1) is 12.3. The molecule has 3 heterocycles. The molecule has 1 aliphatic heterocycles. The maximum absolute atomic E-state index is 13.2. The number of para-hydroxylation sites is 2. The van der Waals surface area contributed by atoms with Gasteiger partial charge in [-0.2, -0.15) is 0 Å². The number of rotatable bonds is 3. The lowest BCUT2D eigenvalue weighted by atomic mass is 10.0. The molecule has 6 nitrogen and oxygen atoms in total. The van der Waals surface area contributed by atoms with E-state index in [1.165, 1.54) is 11.5 Å². The molecule has 0 bridgehead atoms. The lowest BCUT2D eigenvalue weighted by molar-refractivity contribution is 0.0605. The van der Waals surface area contributed by atoms with Crippen LogP contribution in [0.3, 0.4) is 0 Å². The average Bonchev–Trinajstić information content (AvgIpc) is 3.22. The molecule has 1 aliphatic carbocycles. The molecular weight excluding hydrogens is 334 g/mol. The van der Waals surface area contributed by atoms with E-state index in [1.807, 2.05) is 29.2 Å². The van der Waals surface area contributed by atoms with Gasteiger partial charge in [-0.25, -0.2) is 4.98 Å². The molecule has 7 heteroatoms. The molecule has 1 aromatic carbocycles. The van der Waals surface area contributed by atoms with Crippen molar-refractivity contribution in [3.05, 3.63) is 40.7 Å². The second kappa shape index (κ2) is 5.91. The number of H-pyrrole nitrogens is 1. The molecule has 2 aliphatic rings. The maximum atomic E-state index is 13.2. The Morgan fingerprint density at radius 1 is 1.20 bits per heavy atom. The second-order valence-electron chi connectivity index (χ2n) is 6.91. The Morgan fingerprint density at radius 2 is 2.08 bits per heavy atom. The van der Waals surface area contributed by atoms with E-state index in [9.17, 15) is 4.79 Å². The molecule has 0 radical (unpaired) electrons. The number of fused-ring (bicyclic) bond motifs is 1. The fourth-order valence-electron chi connectivity index (χ4n) is 3.69. The minimum absolute atomic E-state index is 0.00260. The number of likely N-dealkylation sites (tertiary alicyclic amines) is 1. The normalized spacial score (nSPS) is 21.0. The summed E-state index contributed by atoms with van der Waals surface area (Å²) >= 11 is 1.24. The van der Waals surface area contributed by atoms with Gasteiger partial charge in [-0.3, -0.25) is 4.79 Å². The Bertz CT molecular complexity index is 895. The Labute approximate surface area is 149 Å². The van der Waals surface area contributed by atoms with E-state index >= 15 is 0 Å². The van der Waals surface area contributed by atoms with E-state index in [2.05, 4.69) is 14.6 Å². The van der Waals surface area contributed by atoms with E-state index < -0.39 is 0 Å². The Kier molecular flexibility index (Phi) is 3.55. The highest BCUT2D eigenvalue weighted by Gasteiger charge is 2.37. The van der Waals surface area contributed by atoms with Crippen LogP contribution in [0, 0.1) is 0 Å². The number of benzene rings is 1. The highest BCUT2D eigenvalue weighted by molar-refractivity contribution is 7.08. The third-order valence-electron chi connectivity index (χ3n) is 5.16. The summed E-state index contributed by atoms with van der Waals surface area (Å²) < 4.78 is 4.05. The van der Waals surface area contributed by atoms with E-state index in [4.69, 9.17) is 4.98 Å². The first-order valence-electron chi connectivity index (χ1n) is 8.89. The fraction of sp³-hybridized carbons (Fsp3) is 0.444. The first kappa shape index (κ1) is 15.0. The van der Waals surface area contributed by atoms with Gasteiger partial charge in [-0.1, -0.05) is 16.6 Å². The van der Waals surface area contributed by atoms with Gasteiger partial charge in [0.25, 0.3) is 5.91 Å². The minimum atomic E-state index is 0.00260. The average molecular weight is 353 g/mol. The van der Waals surface area contributed by atoms with Crippen molar-refractivity contribution in [3.8, 4) is 0 Å². The van der Waals surface area contributed by atoms with Crippen LogP contribution in [-0.4, -0.2) is 36.9 Å². The number of aromatic nitrogens is 4. The van der Waals surface area contributed by atoms with Gasteiger partial charge in [0.15, 0.2) is 0 Å². The van der Waals surface area contributed by atoms with Crippen LogP contribution >= 0.6 is 11.5 Å². The molecule has 25 heavy (non-hydrogen) atoms.